The zero-order valence-electron chi connectivity index (χ0n) is 11.9. The Hall–Kier alpha value is -1.88. The van der Waals surface area contributed by atoms with Gasteiger partial charge in [-0.05, 0) is 20.6 Å². The standard InChI is InChI=1S/C15H21N3OS/c1-10-4-6-12(7-5-10)14(17)15(18-3)19-9-8-13(20)11(2)16/h4-7,20H,3,8-9,16-17H2,1-2H3/b13-11-,15-14+. The van der Waals surface area contributed by atoms with E-state index in [4.69, 9.17) is 16.2 Å². The second-order valence-corrected chi connectivity index (χ2v) is 5.01. The average Bonchev–Trinajstić information content (AvgIpc) is 2.43. The molecule has 0 saturated heterocycles. The van der Waals surface area contributed by atoms with Crippen molar-refractivity contribution < 1.29 is 4.74 Å². The van der Waals surface area contributed by atoms with Gasteiger partial charge in [-0.15, -0.1) is 12.6 Å². The number of aryl methyl sites for hydroxylation is 1. The van der Waals surface area contributed by atoms with Crippen molar-refractivity contribution in [2.45, 2.75) is 20.3 Å². The Morgan fingerprint density at radius 3 is 2.40 bits per heavy atom. The van der Waals surface area contributed by atoms with Gasteiger partial charge in [0.25, 0.3) is 0 Å². The van der Waals surface area contributed by atoms with Crippen LogP contribution in [0.1, 0.15) is 24.5 Å². The van der Waals surface area contributed by atoms with E-state index in [1.807, 2.05) is 31.2 Å². The minimum Gasteiger partial charge on any atom is -0.476 e. The van der Waals surface area contributed by atoms with E-state index in [0.29, 0.717) is 30.3 Å². The van der Waals surface area contributed by atoms with E-state index in [9.17, 15) is 0 Å². The van der Waals surface area contributed by atoms with Crippen molar-refractivity contribution in [3.8, 4) is 0 Å². The molecule has 0 aliphatic heterocycles. The highest BCUT2D eigenvalue weighted by atomic mass is 32.1. The second-order valence-electron chi connectivity index (χ2n) is 4.47. The van der Waals surface area contributed by atoms with Crippen LogP contribution < -0.4 is 11.5 Å². The number of hydrogen-bond acceptors (Lipinski definition) is 5. The van der Waals surface area contributed by atoms with Gasteiger partial charge in [-0.1, -0.05) is 29.8 Å². The quantitative estimate of drug-likeness (QED) is 0.428. The largest absolute Gasteiger partial charge is 0.476 e. The third-order valence-corrected chi connectivity index (χ3v) is 3.35. The van der Waals surface area contributed by atoms with Crippen molar-refractivity contribution >= 4 is 25.0 Å². The summed E-state index contributed by atoms with van der Waals surface area (Å²) in [7, 11) is 0. The summed E-state index contributed by atoms with van der Waals surface area (Å²) in [5, 5.41) is 0. The van der Waals surface area contributed by atoms with Crippen LogP contribution in [0.5, 0.6) is 0 Å². The maximum atomic E-state index is 6.04. The number of hydrogen-bond donors (Lipinski definition) is 3. The number of rotatable bonds is 6. The van der Waals surface area contributed by atoms with Gasteiger partial charge in [0.15, 0.2) is 0 Å². The minimum absolute atomic E-state index is 0.324. The van der Waals surface area contributed by atoms with Crippen LogP contribution in [0.3, 0.4) is 0 Å². The fraction of sp³-hybridized carbons (Fsp3) is 0.267. The first-order valence-electron chi connectivity index (χ1n) is 6.26. The van der Waals surface area contributed by atoms with Gasteiger partial charge in [0, 0.05) is 22.6 Å². The third kappa shape index (κ3) is 4.66. The van der Waals surface area contributed by atoms with Crippen LogP contribution in [0, 0.1) is 6.92 Å². The van der Waals surface area contributed by atoms with Crippen molar-refractivity contribution in [2.24, 2.45) is 16.5 Å². The lowest BCUT2D eigenvalue weighted by atomic mass is 10.1. The summed E-state index contributed by atoms with van der Waals surface area (Å²) in [4.78, 5) is 4.63. The molecule has 0 saturated carbocycles. The van der Waals surface area contributed by atoms with Crippen LogP contribution in [0.4, 0.5) is 0 Å². The van der Waals surface area contributed by atoms with E-state index in [2.05, 4.69) is 24.3 Å². The maximum Gasteiger partial charge on any atom is 0.237 e. The lowest BCUT2D eigenvalue weighted by Gasteiger charge is -2.10. The van der Waals surface area contributed by atoms with Crippen LogP contribution in [-0.2, 0) is 4.74 Å². The molecule has 0 spiro atoms. The average molecular weight is 291 g/mol. The van der Waals surface area contributed by atoms with Gasteiger partial charge in [-0.25, -0.2) is 4.99 Å². The molecule has 108 valence electrons. The number of aliphatic imine (C=N–C) groups is 1. The lowest BCUT2D eigenvalue weighted by Crippen LogP contribution is -2.05. The van der Waals surface area contributed by atoms with Crippen LogP contribution >= 0.6 is 12.6 Å². The number of nitrogens with two attached hydrogens (primary N) is 2. The van der Waals surface area contributed by atoms with Crippen molar-refractivity contribution in [1.29, 1.82) is 0 Å². The van der Waals surface area contributed by atoms with E-state index < -0.39 is 0 Å². The Morgan fingerprint density at radius 1 is 1.30 bits per heavy atom. The predicted molar refractivity (Wildman–Crippen MR) is 88.3 cm³/mol. The molecule has 0 unspecified atom stereocenters. The number of ether oxygens (including phenoxy) is 1. The first kappa shape index (κ1) is 16.2. The molecule has 0 fully saturated rings. The van der Waals surface area contributed by atoms with E-state index in [-0.39, 0.29) is 0 Å². The molecule has 4 nitrogen and oxygen atoms in total. The van der Waals surface area contributed by atoms with E-state index in [0.717, 1.165) is 10.5 Å². The molecular formula is C15H21N3OS. The smallest absolute Gasteiger partial charge is 0.237 e. The Kier molecular flexibility index (Phi) is 6.18. The molecular weight excluding hydrogens is 270 g/mol. The normalized spacial score (nSPS) is 13.3. The summed E-state index contributed by atoms with van der Waals surface area (Å²) in [5.74, 6) is 0.324. The summed E-state index contributed by atoms with van der Waals surface area (Å²) in [6.45, 7) is 7.70. The number of thiol groups is 1. The molecule has 1 aromatic carbocycles. The highest BCUT2D eigenvalue weighted by molar-refractivity contribution is 7.84. The van der Waals surface area contributed by atoms with Crippen LogP contribution in [-0.4, -0.2) is 13.3 Å². The minimum atomic E-state index is 0.324. The first-order chi connectivity index (χ1) is 9.45. The van der Waals surface area contributed by atoms with Crippen LogP contribution in [0.25, 0.3) is 5.70 Å². The number of allylic oxidation sites excluding steroid dienone is 1. The van der Waals surface area contributed by atoms with Gasteiger partial charge in [0.1, 0.15) is 5.70 Å². The second kappa shape index (κ2) is 7.65. The SMILES string of the molecule is C=N/C(OCC/C(S)=C(\C)N)=C(\N)c1ccc(C)cc1. The highest BCUT2D eigenvalue weighted by Crippen LogP contribution is 2.17. The fourth-order valence-corrected chi connectivity index (χ4v) is 1.60. The Labute approximate surface area is 125 Å². The first-order valence-corrected chi connectivity index (χ1v) is 6.71. The maximum absolute atomic E-state index is 6.04. The van der Waals surface area contributed by atoms with Crippen LogP contribution in [0.2, 0.25) is 0 Å². The Bertz CT molecular complexity index is 529. The number of benzene rings is 1. The topological polar surface area (TPSA) is 73.6 Å². The van der Waals surface area contributed by atoms with E-state index in [1.54, 1.807) is 6.92 Å². The molecule has 20 heavy (non-hydrogen) atoms. The van der Waals surface area contributed by atoms with Crippen molar-refractivity contribution in [1.82, 2.24) is 0 Å². The monoisotopic (exact) mass is 291 g/mol. The predicted octanol–water partition coefficient (Wildman–Crippen LogP) is 2.81. The molecule has 0 aliphatic rings. The van der Waals surface area contributed by atoms with Crippen LogP contribution in [0.15, 0.2) is 45.7 Å². The van der Waals surface area contributed by atoms with Crippen molar-refractivity contribution in [3.05, 3.63) is 51.9 Å². The molecule has 5 heteroatoms. The number of nitrogens with zero attached hydrogens (tertiary/aromatic N) is 1. The molecule has 0 atom stereocenters. The summed E-state index contributed by atoms with van der Waals surface area (Å²) in [6, 6.07) is 7.81. The summed E-state index contributed by atoms with van der Waals surface area (Å²) < 4.78 is 5.55. The molecule has 0 aliphatic carbocycles. The highest BCUT2D eigenvalue weighted by Gasteiger charge is 2.06. The fourth-order valence-electron chi connectivity index (χ4n) is 1.51. The van der Waals surface area contributed by atoms with Gasteiger partial charge in [-0.2, -0.15) is 0 Å². The van der Waals surface area contributed by atoms with Gasteiger partial charge in [0.2, 0.25) is 5.88 Å². The molecule has 0 heterocycles. The molecule has 1 aromatic rings. The van der Waals surface area contributed by atoms with Gasteiger partial charge in [0.05, 0.1) is 6.61 Å². The van der Waals surface area contributed by atoms with E-state index >= 15 is 0 Å². The Morgan fingerprint density at radius 2 is 1.90 bits per heavy atom. The molecule has 0 aromatic heterocycles. The molecule has 1 rings (SSSR count). The third-order valence-electron chi connectivity index (χ3n) is 2.77. The Balaban J connectivity index is 2.78. The van der Waals surface area contributed by atoms with E-state index in [1.165, 1.54) is 5.56 Å². The molecule has 4 N–H and O–H groups in total. The lowest BCUT2D eigenvalue weighted by molar-refractivity contribution is 0.217. The summed E-state index contributed by atoms with van der Waals surface area (Å²) in [6.07, 6.45) is 0.603. The molecule has 0 bridgehead atoms. The zero-order chi connectivity index (χ0) is 15.1. The van der Waals surface area contributed by atoms with Gasteiger partial charge < -0.3 is 16.2 Å². The zero-order valence-corrected chi connectivity index (χ0v) is 12.8. The summed E-state index contributed by atoms with van der Waals surface area (Å²) in [5.41, 5.74) is 14.8. The van der Waals surface area contributed by atoms with Gasteiger partial charge >= 0.3 is 0 Å². The molecule has 0 amide bonds. The van der Waals surface area contributed by atoms with Crippen molar-refractivity contribution in [3.63, 3.8) is 0 Å². The molecule has 0 radical (unpaired) electrons. The summed E-state index contributed by atoms with van der Waals surface area (Å²) >= 11 is 4.27. The van der Waals surface area contributed by atoms with Gasteiger partial charge in [-0.3, -0.25) is 0 Å². The van der Waals surface area contributed by atoms with Crippen molar-refractivity contribution in [2.75, 3.05) is 6.61 Å².